The van der Waals surface area contributed by atoms with Crippen LogP contribution in [-0.4, -0.2) is 453 Å². The molecule has 0 spiro atoms. The summed E-state index contributed by atoms with van der Waals surface area (Å²) in [5.41, 5.74) is -0.902. The molecule has 0 aromatic carbocycles. The predicted octanol–water partition coefficient (Wildman–Crippen LogP) is -6.47. The van der Waals surface area contributed by atoms with E-state index in [2.05, 4.69) is 63.8 Å². The number of hydrogen-bond acceptors (Lipinski definition) is 43. The second-order valence-electron chi connectivity index (χ2n) is 36.5. The molecule has 11 amide bonds. The number of aliphatic hydroxyl groups is 12. The van der Waals surface area contributed by atoms with Gasteiger partial charge in [0, 0.05) is 145 Å². The van der Waals surface area contributed by atoms with Crippen LogP contribution in [0.15, 0.2) is 0 Å². The van der Waals surface area contributed by atoms with Crippen molar-refractivity contribution in [2.45, 2.75) is 393 Å². The van der Waals surface area contributed by atoms with Crippen molar-refractivity contribution in [1.29, 1.82) is 0 Å². The minimum atomic E-state index is -1.43. The Labute approximate surface area is 871 Å². The summed E-state index contributed by atoms with van der Waals surface area (Å²) in [7, 11) is 0. The van der Waals surface area contributed by atoms with E-state index in [1.165, 1.54) is 55.4 Å². The van der Waals surface area contributed by atoms with E-state index in [9.17, 15) is 123 Å². The predicted molar refractivity (Wildman–Crippen MR) is 527 cm³/mol. The third-order valence-electron chi connectivity index (χ3n) is 22.7. The molecule has 5 fully saturated rings. The largest absolute Gasteiger partial charge is 0.463 e. The second-order valence-corrected chi connectivity index (χ2v) is 36.5. The van der Waals surface area contributed by atoms with E-state index in [4.69, 9.17) is 80.9 Å². The van der Waals surface area contributed by atoms with Crippen molar-refractivity contribution in [2.75, 3.05) is 132 Å². The van der Waals surface area contributed by atoms with Crippen molar-refractivity contribution < 1.29 is 204 Å². The van der Waals surface area contributed by atoms with Gasteiger partial charge in [-0.25, -0.2) is 0 Å². The SMILES string of the molecule is C.C.C.CC(=O)N[C@H]1[C@H](OC(C)C)O[C@H](CO)[C@H](O)[C@@H]1O.CC(=O)N[C@H]1[C@H](OC(C)C)O[C@H](COC(C)=O)[C@H](OC(C)=O)[C@@H]1OC(C)=O.CC(=O)N[C@H]1[C@H](OCCCCCNC(=O)COCCNC(=O)CCC(CCC(=O)NCCOCC(=O)NCCCCCO[C@@H]2O[C@H](CO)[C@H](O)[C@H](O)[C@H]2NC(C)=O)(CCC(=O)NCCOCC(=O)NCCCCCO[C@@H]2O[C@H](CO)[C@H](O)[C@H](O)[C@H]2NC(C)=O)NC(C)C)O[C@H](CO)[C@H](O)[C@@H]1O. The molecule has 25 atom stereocenters. The molecule has 0 aromatic heterocycles. The summed E-state index contributed by atoms with van der Waals surface area (Å²) in [5.74, 6) is -6.21. The van der Waals surface area contributed by atoms with Gasteiger partial charge in [-0.2, -0.15) is 0 Å². The first kappa shape index (κ1) is 141. The van der Waals surface area contributed by atoms with E-state index in [1.54, 1.807) is 27.7 Å². The highest BCUT2D eigenvalue weighted by Gasteiger charge is 2.54. The summed E-state index contributed by atoms with van der Waals surface area (Å²) in [5, 5.41) is 152. The van der Waals surface area contributed by atoms with E-state index in [1.807, 2.05) is 13.8 Å². The minimum Gasteiger partial charge on any atom is -0.463 e. The molecule has 5 heterocycles. The lowest BCUT2D eigenvalue weighted by Crippen LogP contribution is -2.66. The Morgan fingerprint density at radius 2 is 0.564 bits per heavy atom. The molecule has 5 aliphatic rings. The maximum Gasteiger partial charge on any atom is 0.303 e. The highest BCUT2D eigenvalue weighted by Crippen LogP contribution is 2.32. The van der Waals surface area contributed by atoms with Crippen LogP contribution in [0.2, 0.25) is 0 Å². The molecule has 54 heteroatoms. The fourth-order valence-corrected chi connectivity index (χ4v) is 15.8. The van der Waals surface area contributed by atoms with Crippen LogP contribution in [-0.2, 0) is 143 Å². The van der Waals surface area contributed by atoms with Gasteiger partial charge in [-0.3, -0.25) is 67.1 Å². The fraction of sp³-hybridized carbons (Fsp3) is 0.853. The Balaban J connectivity index is 0.00000371. The third-order valence-corrected chi connectivity index (χ3v) is 22.7. The summed E-state index contributed by atoms with van der Waals surface area (Å²) in [6.07, 6.45) is -18.4. The van der Waals surface area contributed by atoms with Crippen molar-refractivity contribution in [1.82, 2.24) is 63.8 Å². The molecule has 0 unspecified atom stereocenters. The summed E-state index contributed by atoms with van der Waals surface area (Å²) >= 11 is 0. The summed E-state index contributed by atoms with van der Waals surface area (Å²) in [4.78, 5) is 170. The van der Waals surface area contributed by atoms with Gasteiger partial charge in [-0.15, -0.1) is 0 Å². The first-order valence-corrected chi connectivity index (χ1v) is 49.4. The molecular formula is C95H176N12O42. The fourth-order valence-electron chi connectivity index (χ4n) is 15.8. The number of carbonyl (C=O) groups excluding carboxylic acids is 14. The topological polar surface area (TPSA) is 774 Å². The first-order chi connectivity index (χ1) is 69.1. The number of unbranched alkanes of at least 4 members (excludes halogenated alkanes) is 6. The summed E-state index contributed by atoms with van der Waals surface area (Å²) in [6, 6.07) is -5.12. The standard InChI is InChI=1S/C64H116N10O27.C17H27NO9.C11H21NO6.3CH4/c1-39(2)74-64(18-15-46(81)68-24-30-93-36-49(84)65-21-9-6-12-27-96-61-52(71-40(3)78)58(90)55(87)43(33-75)99-61,19-16-47(82)69-25-31-94-37-50(85)66-22-10-7-13-28-97-62-53(72-41(4)79)59(91)56(88)44(34-76)100-62)20-17-48(83)70-26-32-95-38-51(86)67-23-11-8-14-29-98-63-54(73-42(5)80)60(92)57(89)45(35-77)101-63;1-8(2)24-17-14(18-9(3)19)16(26-12(6)22)15(25-11(5)21)13(27-17)7-23-10(4)20;1-5(2)17-11-8(12-6(3)14)10(16)9(15)7(4-13)18-11;;;/h39,43-45,52-63,74-77,87-92H,6-38H2,1-5H3,(H,65,84)(H,66,85)(H,67,86)(H,68,81)(H,69,82)(H,70,83)(H,71,78)(H,72,79)(H,73,80);8,13-17H,7H2,1-6H3,(H,18,19);5,7-11,13,15-16H,4H2,1-3H3,(H,12,14);3*1H4/t43-,44-,45-,52-,53-,54-,55+,56+,57+,58-,59-,60-,61-,62-,63-;13-,14-,15+,16-,17-;7-,8-,9+,10-,11-;;;/m111.../s1. The number of hydrogen-bond donors (Lipinski definition) is 24. The second kappa shape index (κ2) is 77.0. The van der Waals surface area contributed by atoms with Gasteiger partial charge in [-0.1, -0.05) is 36.1 Å². The van der Waals surface area contributed by atoms with Gasteiger partial charge in [-0.05, 0) is 105 Å². The molecule has 0 bridgehead atoms. The first-order valence-electron chi connectivity index (χ1n) is 49.4. The van der Waals surface area contributed by atoms with Crippen molar-refractivity contribution >= 4 is 82.9 Å². The molecule has 5 rings (SSSR count). The van der Waals surface area contributed by atoms with Crippen LogP contribution in [0.25, 0.3) is 0 Å². The quantitative estimate of drug-likeness (QED) is 0.0153. The van der Waals surface area contributed by atoms with Crippen LogP contribution >= 0.6 is 0 Å². The average molecular weight is 2160 g/mol. The summed E-state index contributed by atoms with van der Waals surface area (Å²) in [6.45, 7) is 19.3. The monoisotopic (exact) mass is 2160 g/mol. The zero-order valence-electron chi connectivity index (χ0n) is 86.0. The van der Waals surface area contributed by atoms with Gasteiger partial charge < -0.3 is 201 Å². The smallest absolute Gasteiger partial charge is 0.303 e. The van der Waals surface area contributed by atoms with Gasteiger partial charge in [0.2, 0.25) is 65.0 Å². The van der Waals surface area contributed by atoms with E-state index in [-0.39, 0.29) is 206 Å². The average Bonchev–Trinajstić information content (AvgIpc) is 1.72. The molecule has 0 aliphatic carbocycles. The van der Waals surface area contributed by atoms with Crippen molar-refractivity contribution in [3.05, 3.63) is 0 Å². The highest BCUT2D eigenvalue weighted by atomic mass is 16.7. The van der Waals surface area contributed by atoms with Crippen molar-refractivity contribution in [3.63, 3.8) is 0 Å². The number of carbonyl (C=O) groups is 14. The van der Waals surface area contributed by atoms with Gasteiger partial charge in [0.15, 0.2) is 43.7 Å². The van der Waals surface area contributed by atoms with Crippen LogP contribution in [0.5, 0.6) is 0 Å². The normalized spacial score (nSPS) is 26.5. The number of nitrogens with one attached hydrogen (secondary N) is 12. The molecule has 54 nitrogen and oxygen atoms in total. The van der Waals surface area contributed by atoms with Crippen molar-refractivity contribution in [3.8, 4) is 0 Å². The van der Waals surface area contributed by atoms with Crippen LogP contribution in [0, 0.1) is 0 Å². The van der Waals surface area contributed by atoms with Gasteiger partial charge >= 0.3 is 17.9 Å². The van der Waals surface area contributed by atoms with Crippen molar-refractivity contribution in [2.24, 2.45) is 0 Å². The minimum absolute atomic E-state index is 0. The number of amides is 11. The Bertz CT molecular complexity index is 3610. The third kappa shape index (κ3) is 55.8. The number of rotatable bonds is 64. The number of aliphatic hydroxyl groups excluding tert-OH is 12. The lowest BCUT2D eigenvalue weighted by Gasteiger charge is -2.45. The summed E-state index contributed by atoms with van der Waals surface area (Å²) < 4.78 is 88.2. The Hall–Kier alpha value is -8.46. The van der Waals surface area contributed by atoms with E-state index >= 15 is 0 Å². The van der Waals surface area contributed by atoms with Crippen LogP contribution in [0.1, 0.15) is 216 Å². The van der Waals surface area contributed by atoms with E-state index in [0.717, 1.165) is 0 Å². The highest BCUT2D eigenvalue weighted by molar-refractivity contribution is 5.80. The zero-order valence-corrected chi connectivity index (χ0v) is 86.0. The molecule has 149 heavy (non-hydrogen) atoms. The Morgan fingerprint density at radius 3 is 0.832 bits per heavy atom. The van der Waals surface area contributed by atoms with Crippen LogP contribution in [0.3, 0.4) is 0 Å². The molecule has 0 aromatic rings. The lowest BCUT2D eigenvalue weighted by molar-refractivity contribution is -0.285. The Kier molecular flexibility index (Phi) is 72.6. The Morgan fingerprint density at radius 1 is 0.302 bits per heavy atom. The maximum absolute atomic E-state index is 13.3. The molecular weight excluding hydrogens is 1980 g/mol. The molecule has 5 saturated heterocycles. The van der Waals surface area contributed by atoms with E-state index < -0.39 is 227 Å². The van der Waals surface area contributed by atoms with Gasteiger partial charge in [0.25, 0.3) is 0 Å². The van der Waals surface area contributed by atoms with Crippen LogP contribution < -0.4 is 63.8 Å². The maximum atomic E-state index is 13.3. The molecule has 868 valence electrons. The molecule has 5 aliphatic heterocycles. The number of esters is 3. The zero-order chi connectivity index (χ0) is 109. The number of ether oxygens (including phenoxy) is 16. The lowest BCUT2D eigenvalue weighted by atomic mass is 9.82. The molecule has 0 radical (unpaired) electrons. The molecule has 24 N–H and O–H groups in total. The van der Waals surface area contributed by atoms with E-state index in [0.29, 0.717) is 77.4 Å². The molecule has 0 saturated carbocycles. The van der Waals surface area contributed by atoms with Gasteiger partial charge in [0.05, 0.1) is 58.5 Å². The van der Waals surface area contributed by atoms with Gasteiger partial charge in [0.1, 0.15) is 136 Å². The van der Waals surface area contributed by atoms with Crippen LogP contribution in [0.4, 0.5) is 0 Å².